The van der Waals surface area contributed by atoms with Crippen LogP contribution in [0.15, 0.2) is 17.4 Å². The van der Waals surface area contributed by atoms with Crippen LogP contribution in [-0.4, -0.2) is 54.1 Å². The third kappa shape index (κ3) is 4.84. The van der Waals surface area contributed by atoms with Crippen molar-refractivity contribution < 1.29 is 32.4 Å². The van der Waals surface area contributed by atoms with E-state index < -0.39 is 35.5 Å². The molecule has 1 fully saturated rings. The Kier molecular flexibility index (Phi) is 6.20. The molecule has 0 aromatic carbocycles. The van der Waals surface area contributed by atoms with Crippen molar-refractivity contribution in [2.24, 2.45) is 11.1 Å². The minimum Gasteiger partial charge on any atom is -0.399 e. The lowest BCUT2D eigenvalue weighted by atomic mass is 10.1. The minimum absolute atomic E-state index is 0.0527. The van der Waals surface area contributed by atoms with Crippen molar-refractivity contribution in [3.8, 4) is 0 Å². The average Bonchev–Trinajstić information content (AvgIpc) is 2.57. The molecule has 0 spiro atoms. The van der Waals surface area contributed by atoms with Gasteiger partial charge in [0, 0.05) is 19.3 Å². The molecule has 2 rings (SSSR count). The van der Waals surface area contributed by atoms with Crippen LogP contribution in [0, 0.1) is 5.92 Å². The van der Waals surface area contributed by atoms with Crippen LogP contribution in [0.25, 0.3) is 0 Å². The summed E-state index contributed by atoms with van der Waals surface area (Å²) >= 11 is 5.75. The molecule has 9 nitrogen and oxygen atoms in total. The van der Waals surface area contributed by atoms with Crippen molar-refractivity contribution in [1.29, 1.82) is 0 Å². The van der Waals surface area contributed by atoms with E-state index in [2.05, 4.69) is 20.3 Å². The lowest BCUT2D eigenvalue weighted by molar-refractivity contribution is -0.139. The van der Waals surface area contributed by atoms with E-state index in [0.29, 0.717) is 12.3 Å². The highest BCUT2D eigenvalue weighted by molar-refractivity contribution is 6.33. The third-order valence-corrected chi connectivity index (χ3v) is 3.69. The Morgan fingerprint density at radius 3 is 2.74 bits per heavy atom. The summed E-state index contributed by atoms with van der Waals surface area (Å²) in [7, 11) is 1.22. The lowest BCUT2D eigenvalue weighted by Crippen LogP contribution is -2.59. The number of aromatic nitrogens is 1. The quantitative estimate of drug-likeness (QED) is 0.419. The van der Waals surface area contributed by atoms with E-state index in [4.69, 9.17) is 11.6 Å². The van der Waals surface area contributed by atoms with Gasteiger partial charge in [0.2, 0.25) is 11.8 Å². The number of alkyl halides is 3. The number of pyridine rings is 1. The predicted molar refractivity (Wildman–Crippen MR) is 87.0 cm³/mol. The van der Waals surface area contributed by atoms with Crippen LogP contribution in [0.3, 0.4) is 0 Å². The maximum Gasteiger partial charge on any atom is 0.417 e. The van der Waals surface area contributed by atoms with E-state index in [1.807, 2.05) is 5.32 Å². The molecule has 2 N–H and O–H groups in total. The van der Waals surface area contributed by atoms with Gasteiger partial charge in [0.25, 0.3) is 0 Å². The number of halogens is 4. The highest BCUT2D eigenvalue weighted by atomic mass is 35.5. The molecule has 1 aliphatic heterocycles. The van der Waals surface area contributed by atoms with Gasteiger partial charge < -0.3 is 10.2 Å². The number of imide groups is 2. The van der Waals surface area contributed by atoms with Crippen LogP contribution in [0.5, 0.6) is 0 Å². The molecule has 0 bridgehead atoms. The number of barbiturate groups is 1. The summed E-state index contributed by atoms with van der Waals surface area (Å²) in [6.07, 6.45) is -3.04. The number of nitrogens with one attached hydrogen (secondary N) is 2. The first-order chi connectivity index (χ1) is 12.6. The third-order valence-electron chi connectivity index (χ3n) is 3.40. The number of urea groups is 1. The number of hydrogen-bond donors (Lipinski definition) is 2. The maximum absolute atomic E-state index is 12.6. The molecule has 13 heteroatoms. The molecule has 1 aromatic heterocycles. The van der Waals surface area contributed by atoms with Crippen LogP contribution in [-0.2, 0) is 20.6 Å². The molecule has 0 saturated carbocycles. The van der Waals surface area contributed by atoms with Gasteiger partial charge in [-0.25, -0.2) is 9.78 Å². The fourth-order valence-corrected chi connectivity index (χ4v) is 2.34. The number of amides is 4. The van der Waals surface area contributed by atoms with E-state index in [0.717, 1.165) is 11.1 Å². The van der Waals surface area contributed by atoms with E-state index in [9.17, 15) is 27.6 Å². The van der Waals surface area contributed by atoms with Gasteiger partial charge in [0.1, 0.15) is 12.9 Å². The van der Waals surface area contributed by atoms with Crippen LogP contribution in [0.2, 0.25) is 5.02 Å². The Morgan fingerprint density at radius 1 is 1.44 bits per heavy atom. The largest absolute Gasteiger partial charge is 0.417 e. The summed E-state index contributed by atoms with van der Waals surface area (Å²) in [4.78, 5) is 44.4. The Hall–Kier alpha value is -2.89. The zero-order valence-electron chi connectivity index (χ0n) is 13.7. The van der Waals surface area contributed by atoms with E-state index in [-0.39, 0.29) is 23.9 Å². The van der Waals surface area contributed by atoms with Gasteiger partial charge in [0.15, 0.2) is 5.92 Å². The van der Waals surface area contributed by atoms with Gasteiger partial charge in [-0.2, -0.15) is 13.2 Å². The molecule has 0 radical (unpaired) electrons. The summed E-state index contributed by atoms with van der Waals surface area (Å²) in [6.45, 7) is -0.270. The Bertz CT molecular complexity index is 787. The molecule has 1 aliphatic rings. The summed E-state index contributed by atoms with van der Waals surface area (Å²) in [5, 5.41) is 7.68. The van der Waals surface area contributed by atoms with Crippen LogP contribution in [0.1, 0.15) is 5.56 Å². The fourth-order valence-electron chi connectivity index (χ4n) is 2.10. The second kappa shape index (κ2) is 8.20. The van der Waals surface area contributed by atoms with Crippen LogP contribution in [0.4, 0.5) is 23.8 Å². The number of nitrogens with zero attached hydrogens (tertiary/aromatic N) is 3. The van der Waals surface area contributed by atoms with Crippen LogP contribution < -0.4 is 10.6 Å². The topological polar surface area (TPSA) is 113 Å². The molecule has 2 heterocycles. The Balaban J connectivity index is 2.01. The minimum atomic E-state index is -4.58. The number of carbonyl (C=O) groups excluding carboxylic acids is 3. The van der Waals surface area contributed by atoms with Gasteiger partial charge in [-0.05, 0) is 6.07 Å². The first-order valence-electron chi connectivity index (χ1n) is 7.34. The normalized spacial score (nSPS) is 18.0. The van der Waals surface area contributed by atoms with E-state index in [1.54, 1.807) is 0 Å². The first-order valence-corrected chi connectivity index (χ1v) is 7.72. The molecular formula is C14H13ClF3N5O4. The molecule has 1 aromatic rings. The van der Waals surface area contributed by atoms with Crippen molar-refractivity contribution >= 4 is 41.5 Å². The molecule has 4 amide bonds. The molecule has 1 atom stereocenters. The van der Waals surface area contributed by atoms with Gasteiger partial charge in [-0.1, -0.05) is 16.8 Å². The summed E-state index contributed by atoms with van der Waals surface area (Å²) in [6, 6.07) is -0.230. The van der Waals surface area contributed by atoms with Gasteiger partial charge >= 0.3 is 12.2 Å². The molecule has 1 saturated heterocycles. The highest BCUT2D eigenvalue weighted by Crippen LogP contribution is 2.32. The van der Waals surface area contributed by atoms with E-state index >= 15 is 0 Å². The standard InChI is InChI=1S/C14H13ClF3N5O4/c1-27-21-6-8-11(24)22-13(26)23(12(8)25)3-2-19-10-9(15)4-7(5-20-10)14(16,17)18/h4-6,8H,2-3H2,1H3,(H,19,20)(H,22,24,26)/b21-6+/t8-/m0/s1. The van der Waals surface area contributed by atoms with Crippen LogP contribution >= 0.6 is 11.6 Å². The van der Waals surface area contributed by atoms with Crippen molar-refractivity contribution in [2.75, 3.05) is 25.5 Å². The second-order valence-electron chi connectivity index (χ2n) is 5.18. The number of carbonyl (C=O) groups is 3. The van der Waals surface area contributed by atoms with Gasteiger partial charge in [-0.3, -0.25) is 19.8 Å². The zero-order valence-corrected chi connectivity index (χ0v) is 14.5. The summed E-state index contributed by atoms with van der Waals surface area (Å²) in [5.41, 5.74) is -1.01. The fraction of sp³-hybridized carbons (Fsp3) is 0.357. The first kappa shape index (κ1) is 20.4. The number of rotatable bonds is 6. The Morgan fingerprint density at radius 2 is 2.15 bits per heavy atom. The van der Waals surface area contributed by atoms with Crippen molar-refractivity contribution in [3.63, 3.8) is 0 Å². The average molecular weight is 408 g/mol. The highest BCUT2D eigenvalue weighted by Gasteiger charge is 2.39. The number of hydrogen-bond acceptors (Lipinski definition) is 7. The predicted octanol–water partition coefficient (Wildman–Crippen LogP) is 1.49. The van der Waals surface area contributed by atoms with Gasteiger partial charge in [-0.15, -0.1) is 0 Å². The molecule has 0 unspecified atom stereocenters. The summed E-state index contributed by atoms with van der Waals surface area (Å²) < 4.78 is 37.7. The molecule has 0 aliphatic carbocycles. The summed E-state index contributed by atoms with van der Waals surface area (Å²) in [5.74, 6) is -3.06. The van der Waals surface area contributed by atoms with E-state index in [1.165, 1.54) is 7.11 Å². The monoisotopic (exact) mass is 407 g/mol. The molecular weight excluding hydrogens is 395 g/mol. The molecule has 146 valence electrons. The number of oxime groups is 1. The number of anilines is 1. The van der Waals surface area contributed by atoms with Crippen molar-refractivity contribution in [3.05, 3.63) is 22.8 Å². The maximum atomic E-state index is 12.6. The van der Waals surface area contributed by atoms with Crippen molar-refractivity contribution in [2.45, 2.75) is 6.18 Å². The smallest absolute Gasteiger partial charge is 0.399 e. The Labute approximate surface area is 155 Å². The van der Waals surface area contributed by atoms with Gasteiger partial charge in [0.05, 0.1) is 16.8 Å². The molecule has 27 heavy (non-hydrogen) atoms. The SMILES string of the molecule is CO/N=C/[C@H]1C(=O)NC(=O)N(CCNc2ncc(C(F)(F)F)cc2Cl)C1=O. The lowest BCUT2D eigenvalue weighted by Gasteiger charge is -2.28. The zero-order chi connectivity index (χ0) is 20.2. The second-order valence-corrected chi connectivity index (χ2v) is 5.59. The van der Waals surface area contributed by atoms with Crippen molar-refractivity contribution in [1.82, 2.24) is 15.2 Å².